The summed E-state index contributed by atoms with van der Waals surface area (Å²) in [7, 11) is 1.66. The molecule has 0 saturated carbocycles. The zero-order chi connectivity index (χ0) is 16.5. The molecule has 0 aliphatic carbocycles. The number of halogens is 1. The summed E-state index contributed by atoms with van der Waals surface area (Å²) in [5.41, 5.74) is 2.02. The smallest absolute Gasteiger partial charge is 0.191 e. The van der Waals surface area contributed by atoms with Crippen LogP contribution in [0.3, 0.4) is 0 Å². The van der Waals surface area contributed by atoms with Crippen molar-refractivity contribution in [2.75, 3.05) is 13.7 Å². The van der Waals surface area contributed by atoms with Gasteiger partial charge in [0.15, 0.2) is 5.96 Å². The van der Waals surface area contributed by atoms with E-state index in [4.69, 9.17) is 4.74 Å². The van der Waals surface area contributed by atoms with Crippen LogP contribution in [0.15, 0.2) is 53.5 Å². The average molecular weight is 315 g/mol. The molecular weight excluding hydrogens is 293 g/mol. The first-order valence-electron chi connectivity index (χ1n) is 7.61. The van der Waals surface area contributed by atoms with Gasteiger partial charge in [0.05, 0.1) is 13.7 Å². The molecule has 0 aliphatic heterocycles. The van der Waals surface area contributed by atoms with Gasteiger partial charge in [0.25, 0.3) is 0 Å². The lowest BCUT2D eigenvalue weighted by Gasteiger charge is -2.13. The maximum atomic E-state index is 12.9. The molecule has 0 aromatic heterocycles. The van der Waals surface area contributed by atoms with Crippen molar-refractivity contribution in [3.8, 4) is 5.75 Å². The number of rotatable bonds is 6. The first kappa shape index (κ1) is 16.8. The molecule has 0 saturated heterocycles. The molecule has 4 nitrogen and oxygen atoms in total. The Morgan fingerprint density at radius 1 is 1.09 bits per heavy atom. The van der Waals surface area contributed by atoms with Crippen LogP contribution in [-0.4, -0.2) is 19.6 Å². The fourth-order valence-electron chi connectivity index (χ4n) is 2.13. The predicted octanol–water partition coefficient (Wildman–Crippen LogP) is 3.09. The van der Waals surface area contributed by atoms with E-state index in [1.54, 1.807) is 19.2 Å². The first-order chi connectivity index (χ1) is 11.2. The van der Waals surface area contributed by atoms with Crippen molar-refractivity contribution >= 4 is 5.96 Å². The third-order valence-electron chi connectivity index (χ3n) is 3.32. The molecule has 2 rings (SSSR count). The molecule has 0 fully saturated rings. The molecule has 23 heavy (non-hydrogen) atoms. The molecule has 5 heteroatoms. The quantitative estimate of drug-likeness (QED) is 0.636. The van der Waals surface area contributed by atoms with E-state index in [0.717, 1.165) is 23.4 Å². The van der Waals surface area contributed by atoms with E-state index in [9.17, 15) is 4.39 Å². The van der Waals surface area contributed by atoms with Gasteiger partial charge in [-0.2, -0.15) is 0 Å². The van der Waals surface area contributed by atoms with Gasteiger partial charge in [-0.3, -0.25) is 0 Å². The van der Waals surface area contributed by atoms with E-state index < -0.39 is 0 Å². The van der Waals surface area contributed by atoms with Gasteiger partial charge >= 0.3 is 0 Å². The summed E-state index contributed by atoms with van der Waals surface area (Å²) in [6.45, 7) is 3.88. The van der Waals surface area contributed by atoms with Crippen molar-refractivity contribution in [3.05, 3.63) is 65.5 Å². The number of para-hydroxylation sites is 1. The lowest BCUT2D eigenvalue weighted by Crippen LogP contribution is -2.36. The Kier molecular flexibility index (Phi) is 6.41. The Morgan fingerprint density at radius 3 is 2.52 bits per heavy atom. The zero-order valence-electron chi connectivity index (χ0n) is 13.5. The Hall–Kier alpha value is -2.56. The van der Waals surface area contributed by atoms with Crippen molar-refractivity contribution < 1.29 is 9.13 Å². The van der Waals surface area contributed by atoms with Crippen molar-refractivity contribution in [1.82, 2.24) is 10.6 Å². The van der Waals surface area contributed by atoms with Crippen LogP contribution in [-0.2, 0) is 13.1 Å². The van der Waals surface area contributed by atoms with Crippen molar-refractivity contribution in [3.63, 3.8) is 0 Å². The fraction of sp³-hybridized carbons (Fsp3) is 0.278. The van der Waals surface area contributed by atoms with Gasteiger partial charge in [0, 0.05) is 18.7 Å². The summed E-state index contributed by atoms with van der Waals surface area (Å²) in [5, 5.41) is 6.47. The molecule has 2 aromatic carbocycles. The van der Waals surface area contributed by atoms with Crippen molar-refractivity contribution in [2.45, 2.75) is 20.0 Å². The van der Waals surface area contributed by atoms with E-state index in [1.807, 2.05) is 31.2 Å². The van der Waals surface area contributed by atoms with Crippen LogP contribution >= 0.6 is 0 Å². The molecule has 2 aromatic rings. The third kappa shape index (κ3) is 5.29. The molecular formula is C18H22FN3O. The number of methoxy groups -OCH3 is 1. The highest BCUT2D eigenvalue weighted by atomic mass is 19.1. The normalized spacial score (nSPS) is 11.2. The van der Waals surface area contributed by atoms with Crippen molar-refractivity contribution in [2.24, 2.45) is 4.99 Å². The zero-order valence-corrected chi connectivity index (χ0v) is 13.5. The highest BCUT2D eigenvalue weighted by Crippen LogP contribution is 2.16. The second-order valence-corrected chi connectivity index (χ2v) is 4.99. The van der Waals surface area contributed by atoms with Crippen LogP contribution in [0.25, 0.3) is 0 Å². The van der Waals surface area contributed by atoms with E-state index in [-0.39, 0.29) is 5.82 Å². The number of guanidine groups is 1. The van der Waals surface area contributed by atoms with E-state index >= 15 is 0 Å². The Bertz CT molecular complexity index is 641. The van der Waals surface area contributed by atoms with Crippen LogP contribution in [0, 0.1) is 5.82 Å². The molecule has 0 unspecified atom stereocenters. The number of nitrogens with one attached hydrogen (secondary N) is 2. The highest BCUT2D eigenvalue weighted by molar-refractivity contribution is 5.79. The maximum absolute atomic E-state index is 12.9. The molecule has 0 bridgehead atoms. The molecule has 0 spiro atoms. The van der Waals surface area contributed by atoms with Crippen LogP contribution in [0.4, 0.5) is 4.39 Å². The lowest BCUT2D eigenvalue weighted by molar-refractivity contribution is 0.409. The van der Waals surface area contributed by atoms with Gasteiger partial charge in [-0.1, -0.05) is 30.3 Å². The van der Waals surface area contributed by atoms with Gasteiger partial charge in [0.1, 0.15) is 11.6 Å². The first-order valence-corrected chi connectivity index (χ1v) is 7.61. The van der Waals surface area contributed by atoms with Gasteiger partial charge in [-0.25, -0.2) is 9.38 Å². The van der Waals surface area contributed by atoms with Crippen LogP contribution in [0.5, 0.6) is 5.75 Å². The minimum atomic E-state index is -0.237. The number of aliphatic imine (C=N–C) groups is 1. The molecule has 0 radical (unpaired) electrons. The summed E-state index contributed by atoms with van der Waals surface area (Å²) >= 11 is 0. The molecule has 122 valence electrons. The Morgan fingerprint density at radius 2 is 1.83 bits per heavy atom. The van der Waals surface area contributed by atoms with Gasteiger partial charge in [-0.15, -0.1) is 0 Å². The number of benzene rings is 2. The number of ether oxygens (including phenoxy) is 1. The predicted molar refractivity (Wildman–Crippen MR) is 91.0 cm³/mol. The monoisotopic (exact) mass is 315 g/mol. The van der Waals surface area contributed by atoms with Crippen molar-refractivity contribution in [1.29, 1.82) is 0 Å². The third-order valence-corrected chi connectivity index (χ3v) is 3.32. The van der Waals surface area contributed by atoms with Crippen LogP contribution in [0.1, 0.15) is 18.1 Å². The van der Waals surface area contributed by atoms with Gasteiger partial charge < -0.3 is 15.4 Å². The SMILES string of the molecule is CCNC(=NCc1ccc(F)cc1)NCc1ccccc1OC. The van der Waals surface area contributed by atoms with E-state index in [1.165, 1.54) is 12.1 Å². The Balaban J connectivity index is 2.00. The topological polar surface area (TPSA) is 45.7 Å². The molecule has 2 N–H and O–H groups in total. The van der Waals surface area contributed by atoms with E-state index in [2.05, 4.69) is 15.6 Å². The number of nitrogens with zero attached hydrogens (tertiary/aromatic N) is 1. The second kappa shape index (κ2) is 8.78. The largest absolute Gasteiger partial charge is 0.496 e. The summed E-state index contributed by atoms with van der Waals surface area (Å²) in [6, 6.07) is 14.2. The molecule has 0 atom stereocenters. The standard InChI is InChI=1S/C18H22FN3O/c1-3-20-18(21-12-14-8-10-16(19)11-9-14)22-13-15-6-4-5-7-17(15)23-2/h4-11H,3,12-13H2,1-2H3,(H2,20,21,22). The van der Waals surface area contributed by atoms with Crippen LogP contribution in [0.2, 0.25) is 0 Å². The molecule has 0 amide bonds. The molecule has 0 heterocycles. The summed E-state index contributed by atoms with van der Waals surface area (Å²) in [5.74, 6) is 1.32. The summed E-state index contributed by atoms with van der Waals surface area (Å²) < 4.78 is 18.3. The number of hydrogen-bond donors (Lipinski definition) is 2. The maximum Gasteiger partial charge on any atom is 0.191 e. The molecule has 0 aliphatic rings. The van der Waals surface area contributed by atoms with Gasteiger partial charge in [0.2, 0.25) is 0 Å². The van der Waals surface area contributed by atoms with Crippen LogP contribution < -0.4 is 15.4 Å². The summed E-state index contributed by atoms with van der Waals surface area (Å²) in [6.07, 6.45) is 0. The lowest BCUT2D eigenvalue weighted by atomic mass is 10.2. The summed E-state index contributed by atoms with van der Waals surface area (Å²) in [4.78, 5) is 4.52. The average Bonchev–Trinajstić information content (AvgIpc) is 2.59. The highest BCUT2D eigenvalue weighted by Gasteiger charge is 2.03. The second-order valence-electron chi connectivity index (χ2n) is 4.99. The fourth-order valence-corrected chi connectivity index (χ4v) is 2.13. The minimum absolute atomic E-state index is 0.237. The van der Waals surface area contributed by atoms with Gasteiger partial charge in [-0.05, 0) is 30.7 Å². The number of hydrogen-bond acceptors (Lipinski definition) is 2. The van der Waals surface area contributed by atoms with E-state index in [0.29, 0.717) is 19.0 Å². The minimum Gasteiger partial charge on any atom is -0.496 e. The Labute approximate surface area is 136 Å².